The van der Waals surface area contributed by atoms with E-state index in [9.17, 15) is 23.2 Å². The molecule has 1 aromatic carbocycles. The third kappa shape index (κ3) is 21.5. The van der Waals surface area contributed by atoms with Gasteiger partial charge in [0, 0.05) is 12.1 Å². The lowest BCUT2D eigenvalue weighted by Gasteiger charge is -2.04. The highest BCUT2D eigenvalue weighted by Crippen LogP contribution is 2.36. The molecule has 1 unspecified atom stereocenters. The van der Waals surface area contributed by atoms with Crippen molar-refractivity contribution < 1.29 is 28.4 Å². The number of nitrogens with one attached hydrogen (secondary N) is 2. The molecule has 0 saturated carbocycles. The standard InChI is InChI=1S/C12H14N2O3S.C10H16.C8H6F2O.C2H6.CH5N/c1-8-6-11(12(16)14-17)18-10(8)5-3-4-9(2)13-7-15;1-4-7-9-10(6-3)8-5-2;9-7-2-1-6(3-4-11)5-8(7)10;2*1-2/h3-7,10,17H,1H2,2H3,(H,13,15)(H,14,16);4,6-7,9H,1,5,8H2,2-3H3;1-2,4-5H,3H2;1-2H3;2H2,1H3/b5-3?,9-4+;9-7-,10-6-;;;. The molecule has 1 aromatic rings. The Morgan fingerprint density at radius 2 is 1.81 bits per heavy atom. The molecule has 10 heteroatoms. The fourth-order valence-electron chi connectivity index (χ4n) is 2.84. The van der Waals surface area contributed by atoms with Gasteiger partial charge in [-0.1, -0.05) is 88.4 Å². The molecular weight excluding hydrogens is 572 g/mol. The third-order valence-corrected chi connectivity index (χ3v) is 6.11. The fourth-order valence-corrected chi connectivity index (χ4v) is 3.88. The summed E-state index contributed by atoms with van der Waals surface area (Å²) in [6.45, 7) is 17.5. The first kappa shape index (κ1) is 43.6. The van der Waals surface area contributed by atoms with Crippen molar-refractivity contribution in [3.8, 4) is 0 Å². The van der Waals surface area contributed by atoms with Crippen LogP contribution in [0.5, 0.6) is 0 Å². The van der Waals surface area contributed by atoms with E-state index >= 15 is 0 Å². The Labute approximate surface area is 260 Å². The van der Waals surface area contributed by atoms with Crippen LogP contribution < -0.4 is 16.5 Å². The maximum absolute atomic E-state index is 12.4. The smallest absolute Gasteiger partial charge is 0.281 e. The summed E-state index contributed by atoms with van der Waals surface area (Å²) in [4.78, 5) is 31.7. The van der Waals surface area contributed by atoms with Gasteiger partial charge < -0.3 is 15.8 Å². The SMILES string of the molecule is C=C/C=C\C(=C/C)CCC.C=C1C=C(C(=O)NO)SC1C=C/C=C(\C)NC=O.CC.CN.O=CCc1ccc(F)c(F)c1. The Hall–Kier alpha value is -3.86. The molecular formula is C33H47F2N3O4S. The number of hydrogen-bond acceptors (Lipinski definition) is 6. The molecule has 2 amide bonds. The number of aldehydes is 1. The van der Waals surface area contributed by atoms with Crippen LogP contribution in [0, 0.1) is 11.6 Å². The van der Waals surface area contributed by atoms with Gasteiger partial charge in [-0.2, -0.15) is 0 Å². The molecule has 0 aromatic heterocycles. The highest BCUT2D eigenvalue weighted by atomic mass is 32.2. The molecule has 1 atom stereocenters. The van der Waals surface area contributed by atoms with E-state index in [0.29, 0.717) is 23.2 Å². The molecule has 2 rings (SSSR count). The van der Waals surface area contributed by atoms with Crippen LogP contribution in [0.3, 0.4) is 0 Å². The van der Waals surface area contributed by atoms with Crippen molar-refractivity contribution in [1.82, 2.24) is 10.8 Å². The topological polar surface area (TPSA) is 122 Å². The van der Waals surface area contributed by atoms with Crippen molar-refractivity contribution in [2.75, 3.05) is 7.05 Å². The Morgan fingerprint density at radius 1 is 1.16 bits per heavy atom. The monoisotopic (exact) mass is 619 g/mol. The van der Waals surface area contributed by atoms with Crippen LogP contribution in [0.15, 0.2) is 102 Å². The Morgan fingerprint density at radius 3 is 2.30 bits per heavy atom. The minimum atomic E-state index is -0.913. The van der Waals surface area contributed by atoms with Crippen molar-refractivity contribution in [3.05, 3.63) is 119 Å². The Balaban J connectivity index is -0.000000554. The lowest BCUT2D eigenvalue weighted by atomic mass is 10.1. The van der Waals surface area contributed by atoms with Gasteiger partial charge in [0.05, 0.1) is 10.2 Å². The fraction of sp³-hybridized carbons (Fsp3) is 0.303. The largest absolute Gasteiger partial charge is 0.333 e. The number of carbonyl (C=O) groups is 3. The summed E-state index contributed by atoms with van der Waals surface area (Å²) in [5, 5.41) is 11.0. The zero-order valence-electron chi connectivity index (χ0n) is 26.0. The van der Waals surface area contributed by atoms with E-state index < -0.39 is 17.5 Å². The van der Waals surface area contributed by atoms with E-state index in [4.69, 9.17) is 5.21 Å². The molecule has 0 radical (unpaired) electrons. The summed E-state index contributed by atoms with van der Waals surface area (Å²) in [5.74, 6) is -2.34. The molecule has 5 N–H and O–H groups in total. The summed E-state index contributed by atoms with van der Waals surface area (Å²) >= 11 is 1.30. The highest BCUT2D eigenvalue weighted by Gasteiger charge is 2.23. The summed E-state index contributed by atoms with van der Waals surface area (Å²) in [6.07, 6.45) is 18.8. The Kier molecular flexibility index (Phi) is 30.0. The van der Waals surface area contributed by atoms with E-state index in [1.54, 1.807) is 36.7 Å². The van der Waals surface area contributed by atoms with Crippen molar-refractivity contribution >= 4 is 30.4 Å². The first-order valence-electron chi connectivity index (χ1n) is 13.6. The van der Waals surface area contributed by atoms with Gasteiger partial charge >= 0.3 is 0 Å². The van der Waals surface area contributed by atoms with Gasteiger partial charge in [-0.05, 0) is 62.7 Å². The predicted octanol–water partition coefficient (Wildman–Crippen LogP) is 7.04. The average molecular weight is 620 g/mol. The third-order valence-electron chi connectivity index (χ3n) is 4.84. The van der Waals surface area contributed by atoms with Crippen molar-refractivity contribution in [3.63, 3.8) is 0 Å². The quantitative estimate of drug-likeness (QED) is 0.0913. The second-order valence-electron chi connectivity index (χ2n) is 7.89. The van der Waals surface area contributed by atoms with E-state index in [2.05, 4.69) is 50.2 Å². The number of benzene rings is 1. The number of allylic oxidation sites excluding steroid dienone is 9. The van der Waals surface area contributed by atoms with Crippen LogP contribution in [-0.4, -0.2) is 36.1 Å². The second kappa shape index (κ2) is 29.6. The molecule has 0 saturated heterocycles. The zero-order chi connectivity index (χ0) is 33.6. The normalized spacial score (nSPS) is 14.0. The van der Waals surface area contributed by atoms with Gasteiger partial charge in [0.15, 0.2) is 11.6 Å². The minimum Gasteiger partial charge on any atom is -0.333 e. The van der Waals surface area contributed by atoms with Crippen LogP contribution in [0.25, 0.3) is 0 Å². The van der Waals surface area contributed by atoms with Gasteiger partial charge in [-0.15, -0.1) is 11.8 Å². The lowest BCUT2D eigenvalue weighted by molar-refractivity contribution is -0.124. The summed E-state index contributed by atoms with van der Waals surface area (Å²) in [5.41, 5.74) is 9.46. The second-order valence-corrected chi connectivity index (χ2v) is 9.07. The number of rotatable bonds is 11. The minimum absolute atomic E-state index is 0.0439. The van der Waals surface area contributed by atoms with Gasteiger partial charge in [0.25, 0.3) is 5.91 Å². The molecule has 0 bridgehead atoms. The zero-order valence-corrected chi connectivity index (χ0v) is 26.8. The van der Waals surface area contributed by atoms with Crippen LogP contribution in [-0.2, 0) is 20.8 Å². The number of hydroxylamine groups is 1. The van der Waals surface area contributed by atoms with E-state index in [1.165, 1.54) is 43.3 Å². The molecule has 0 aliphatic carbocycles. The van der Waals surface area contributed by atoms with Crippen LogP contribution in [0.1, 0.15) is 53.0 Å². The predicted molar refractivity (Wildman–Crippen MR) is 176 cm³/mol. The number of nitrogens with two attached hydrogens (primary N) is 1. The molecule has 238 valence electrons. The average Bonchev–Trinajstić information content (AvgIpc) is 3.39. The number of thioether (sulfide) groups is 1. The number of hydrogen-bond donors (Lipinski definition) is 4. The van der Waals surface area contributed by atoms with Crippen LogP contribution in [0.2, 0.25) is 0 Å². The van der Waals surface area contributed by atoms with Gasteiger partial charge in [0.2, 0.25) is 6.41 Å². The molecule has 43 heavy (non-hydrogen) atoms. The lowest BCUT2D eigenvalue weighted by Crippen LogP contribution is -2.18. The maximum Gasteiger partial charge on any atom is 0.281 e. The molecule has 1 aliphatic heterocycles. The number of halogens is 2. The summed E-state index contributed by atoms with van der Waals surface area (Å²) < 4.78 is 24.7. The molecule has 7 nitrogen and oxygen atoms in total. The van der Waals surface area contributed by atoms with Crippen molar-refractivity contribution in [2.45, 2.75) is 59.1 Å². The molecule has 1 heterocycles. The highest BCUT2D eigenvalue weighted by molar-refractivity contribution is 8.05. The molecule has 0 spiro atoms. The number of amides is 2. The summed E-state index contributed by atoms with van der Waals surface area (Å²) in [6, 6.07) is 3.41. The first-order valence-corrected chi connectivity index (χ1v) is 14.5. The van der Waals surface area contributed by atoms with Crippen LogP contribution >= 0.6 is 11.8 Å². The molecule has 0 fully saturated rings. The molecule has 1 aliphatic rings. The van der Waals surface area contributed by atoms with Gasteiger partial charge in [0.1, 0.15) is 6.29 Å². The van der Waals surface area contributed by atoms with Crippen LogP contribution in [0.4, 0.5) is 8.78 Å². The van der Waals surface area contributed by atoms with Crippen molar-refractivity contribution in [1.29, 1.82) is 0 Å². The number of carbonyl (C=O) groups excluding carboxylic acids is 3. The van der Waals surface area contributed by atoms with Gasteiger partial charge in [-0.25, -0.2) is 14.3 Å². The van der Waals surface area contributed by atoms with E-state index in [1.807, 2.05) is 26.0 Å². The van der Waals surface area contributed by atoms with E-state index in [0.717, 1.165) is 23.4 Å². The van der Waals surface area contributed by atoms with Crippen molar-refractivity contribution in [2.24, 2.45) is 5.73 Å². The van der Waals surface area contributed by atoms with E-state index in [-0.39, 0.29) is 11.7 Å². The summed E-state index contributed by atoms with van der Waals surface area (Å²) in [7, 11) is 1.50. The Bertz CT molecular complexity index is 1140. The first-order chi connectivity index (χ1) is 20.7. The maximum atomic E-state index is 12.4. The van der Waals surface area contributed by atoms with Gasteiger partial charge in [-0.3, -0.25) is 14.8 Å².